The van der Waals surface area contributed by atoms with Crippen LogP contribution in [0.1, 0.15) is 27.7 Å². The minimum Gasteiger partial charge on any atom is -0.322 e. The summed E-state index contributed by atoms with van der Waals surface area (Å²) in [6.07, 6.45) is -1.13. The minimum atomic E-state index is -4.59. The first-order valence-electron chi connectivity index (χ1n) is 5.13. The van der Waals surface area contributed by atoms with E-state index in [0.29, 0.717) is 0 Å². The maximum atomic E-state index is 12.5. The van der Waals surface area contributed by atoms with Crippen LogP contribution < -0.4 is 0 Å². The molecule has 18 heavy (non-hydrogen) atoms. The first-order chi connectivity index (χ1) is 7.89. The molecule has 0 aromatic carbocycles. The summed E-state index contributed by atoms with van der Waals surface area (Å²) >= 11 is 11.5. The van der Waals surface area contributed by atoms with Gasteiger partial charge in [-0.15, -0.1) is 0 Å². The van der Waals surface area contributed by atoms with E-state index in [2.05, 4.69) is 4.52 Å². The Morgan fingerprint density at radius 2 is 1.39 bits per heavy atom. The largest absolute Gasteiger partial charge is 0.379 e. The summed E-state index contributed by atoms with van der Waals surface area (Å²) in [5.74, 6) is 0. The van der Waals surface area contributed by atoms with Crippen molar-refractivity contribution in [1.82, 2.24) is 0 Å². The molecule has 0 fully saturated rings. The molecule has 0 radical (unpaired) electrons. The molecule has 0 bridgehead atoms. The average molecular weight is 343 g/mol. The maximum Gasteiger partial charge on any atom is 0.379 e. The van der Waals surface area contributed by atoms with Gasteiger partial charge in [-0.2, -0.15) is 0 Å². The molecule has 110 valence electrons. The molecule has 0 aliphatic rings. The minimum absolute atomic E-state index is 0.566. The molecule has 0 heterocycles. The van der Waals surface area contributed by atoms with Crippen molar-refractivity contribution >= 4 is 38.4 Å². The van der Waals surface area contributed by atoms with Gasteiger partial charge in [-0.3, -0.25) is 9.13 Å². The fraction of sp³-hybridized carbons (Fsp3) is 1.00. The van der Waals surface area contributed by atoms with E-state index in [1.54, 1.807) is 27.7 Å². The third-order valence-electron chi connectivity index (χ3n) is 1.62. The molecule has 10 heteroatoms. The van der Waals surface area contributed by atoms with E-state index in [0.717, 1.165) is 7.11 Å². The lowest BCUT2D eigenvalue weighted by Gasteiger charge is -2.32. The maximum absolute atomic E-state index is 12.5. The van der Waals surface area contributed by atoms with Crippen molar-refractivity contribution in [1.29, 1.82) is 0 Å². The van der Waals surface area contributed by atoms with E-state index in [4.69, 9.17) is 32.2 Å². The molecule has 1 unspecified atom stereocenters. The number of alkyl halides is 2. The van der Waals surface area contributed by atoms with E-state index in [1.165, 1.54) is 0 Å². The lowest BCUT2D eigenvalue weighted by Crippen LogP contribution is -2.22. The van der Waals surface area contributed by atoms with Crippen molar-refractivity contribution < 1.29 is 27.6 Å². The van der Waals surface area contributed by atoms with Crippen molar-refractivity contribution in [3.05, 3.63) is 0 Å². The van der Waals surface area contributed by atoms with E-state index in [9.17, 15) is 14.0 Å². The van der Waals surface area contributed by atoms with Crippen molar-refractivity contribution in [2.45, 2.75) is 43.7 Å². The van der Waals surface area contributed by atoms with Gasteiger partial charge < -0.3 is 18.5 Å². The fourth-order valence-corrected chi connectivity index (χ4v) is 5.26. The van der Waals surface area contributed by atoms with E-state index >= 15 is 0 Å². The number of hydrogen-bond donors (Lipinski definition) is 1. The van der Waals surface area contributed by atoms with Crippen LogP contribution in [0.3, 0.4) is 0 Å². The third-order valence-corrected chi connectivity index (χ3v) is 8.87. The Bertz CT molecular complexity index is 357. The Labute approximate surface area is 117 Å². The third kappa shape index (κ3) is 4.19. The van der Waals surface area contributed by atoms with Crippen LogP contribution in [0, 0.1) is 0 Å². The number of hydrogen-bond acceptors (Lipinski definition) is 5. The zero-order chi connectivity index (χ0) is 14.8. The zero-order valence-electron chi connectivity index (χ0n) is 10.8. The summed E-state index contributed by atoms with van der Waals surface area (Å²) in [7, 11) is -7.95. The van der Waals surface area contributed by atoms with Crippen LogP contribution >= 0.6 is 38.4 Å². The van der Waals surface area contributed by atoms with Gasteiger partial charge in [-0.05, 0) is 27.7 Å². The molecule has 1 atom stereocenters. The van der Waals surface area contributed by atoms with Gasteiger partial charge in [0.2, 0.25) is 0 Å². The van der Waals surface area contributed by atoms with E-state index in [1.807, 2.05) is 0 Å². The molecule has 1 N–H and O–H groups in total. The molecule has 0 rings (SSSR count). The predicted octanol–water partition coefficient (Wildman–Crippen LogP) is 3.95. The Morgan fingerprint density at radius 1 is 1.06 bits per heavy atom. The van der Waals surface area contributed by atoms with Crippen LogP contribution in [0.25, 0.3) is 0 Å². The molecule has 0 aliphatic heterocycles. The summed E-state index contributed by atoms with van der Waals surface area (Å²) in [5.41, 5.74) is 0. The van der Waals surface area contributed by atoms with Crippen molar-refractivity contribution in [3.63, 3.8) is 0 Å². The zero-order valence-corrected chi connectivity index (χ0v) is 14.1. The van der Waals surface area contributed by atoms with Gasteiger partial charge in [0.1, 0.15) is 0 Å². The second-order valence-electron chi connectivity index (χ2n) is 4.02. The van der Waals surface area contributed by atoms with Crippen LogP contribution in [0.15, 0.2) is 0 Å². The Hall–Kier alpha value is 0.880. The highest BCUT2D eigenvalue weighted by molar-refractivity contribution is 7.79. The Morgan fingerprint density at radius 3 is 1.61 bits per heavy atom. The second-order valence-corrected chi connectivity index (χ2v) is 10.9. The van der Waals surface area contributed by atoms with Crippen molar-refractivity contribution in [3.8, 4) is 0 Å². The van der Waals surface area contributed by atoms with Crippen LogP contribution in [0.5, 0.6) is 0 Å². The molecule has 0 saturated heterocycles. The average Bonchev–Trinajstić information content (AvgIpc) is 2.14. The van der Waals surface area contributed by atoms with Crippen LogP contribution in [-0.4, -0.2) is 28.0 Å². The van der Waals surface area contributed by atoms with Gasteiger partial charge >= 0.3 is 19.0 Å². The van der Waals surface area contributed by atoms with Crippen LogP contribution in [0.2, 0.25) is 0 Å². The van der Waals surface area contributed by atoms with Crippen molar-refractivity contribution in [2.75, 3.05) is 7.11 Å². The predicted molar refractivity (Wildman–Crippen MR) is 71.3 cm³/mol. The molecule has 0 aromatic heterocycles. The van der Waals surface area contributed by atoms with Crippen LogP contribution in [0.4, 0.5) is 0 Å². The first kappa shape index (κ1) is 18.9. The summed E-state index contributed by atoms with van der Waals surface area (Å²) in [6.45, 7) is 6.26. The highest BCUT2D eigenvalue weighted by atomic mass is 35.5. The van der Waals surface area contributed by atoms with Crippen LogP contribution in [-0.2, 0) is 22.7 Å². The van der Waals surface area contributed by atoms with Gasteiger partial charge in [0.05, 0.1) is 12.2 Å². The van der Waals surface area contributed by atoms with Gasteiger partial charge in [-0.25, -0.2) is 0 Å². The highest BCUT2D eigenvalue weighted by Gasteiger charge is 2.63. The molecular weight excluding hydrogens is 325 g/mol. The molecule has 0 aliphatic carbocycles. The van der Waals surface area contributed by atoms with Gasteiger partial charge in [0.25, 0.3) is 0 Å². The topological polar surface area (TPSA) is 82.1 Å². The quantitative estimate of drug-likeness (QED) is 0.557. The summed E-state index contributed by atoms with van der Waals surface area (Å²) < 4.78 is 36.0. The molecule has 6 nitrogen and oxygen atoms in total. The normalized spacial score (nSPS) is 17.2. The Balaban J connectivity index is 5.58. The molecule has 0 spiro atoms. The van der Waals surface area contributed by atoms with Gasteiger partial charge in [0, 0.05) is 7.11 Å². The molecule has 0 aromatic rings. The molecule has 0 amide bonds. The number of halogens is 2. The second kappa shape index (κ2) is 6.55. The Kier molecular flexibility index (Phi) is 6.87. The monoisotopic (exact) mass is 342 g/mol. The highest BCUT2D eigenvalue weighted by Crippen LogP contribution is 2.80. The SMILES string of the molecule is COP(=O)(O)C(Cl)(Cl)P(=O)(OC(C)C)OC(C)C. The number of rotatable bonds is 7. The summed E-state index contributed by atoms with van der Waals surface area (Å²) in [4.78, 5) is 9.55. The lowest BCUT2D eigenvalue weighted by molar-refractivity contribution is 0.140. The molecule has 0 saturated carbocycles. The molecular formula is C8H18Cl2O6P2. The van der Waals surface area contributed by atoms with E-state index in [-0.39, 0.29) is 0 Å². The lowest BCUT2D eigenvalue weighted by atomic mass is 10.5. The van der Waals surface area contributed by atoms with E-state index < -0.39 is 31.2 Å². The van der Waals surface area contributed by atoms with Gasteiger partial charge in [0.15, 0.2) is 0 Å². The standard InChI is InChI=1S/C8H18Cl2O6P2/c1-6(2)15-18(13,16-7(3)4)8(9,10)17(11,12)14-5/h6-7H,1-5H3,(H,11,12). The smallest absolute Gasteiger partial charge is 0.322 e. The van der Waals surface area contributed by atoms with Gasteiger partial charge in [-0.1, -0.05) is 23.2 Å². The fourth-order valence-electron chi connectivity index (χ4n) is 0.971. The van der Waals surface area contributed by atoms with Crippen molar-refractivity contribution in [2.24, 2.45) is 0 Å². The first-order valence-corrected chi connectivity index (χ1v) is 9.00. The summed E-state index contributed by atoms with van der Waals surface area (Å²) in [5, 5.41) is 0. The summed E-state index contributed by atoms with van der Waals surface area (Å²) in [6, 6.07) is 0.